The van der Waals surface area contributed by atoms with E-state index in [9.17, 15) is 9.59 Å². The summed E-state index contributed by atoms with van der Waals surface area (Å²) in [5, 5.41) is 10.2. The maximum absolute atomic E-state index is 12.4. The number of H-pyrrole nitrogens is 1. The van der Waals surface area contributed by atoms with E-state index in [4.69, 9.17) is 0 Å². The first kappa shape index (κ1) is 17.1. The molecule has 0 fully saturated rings. The van der Waals surface area contributed by atoms with E-state index < -0.39 is 0 Å². The van der Waals surface area contributed by atoms with Gasteiger partial charge in [0.05, 0.1) is 5.39 Å². The van der Waals surface area contributed by atoms with E-state index in [0.717, 1.165) is 6.54 Å². The zero-order valence-electron chi connectivity index (χ0n) is 14.1. The van der Waals surface area contributed by atoms with Gasteiger partial charge in [0.15, 0.2) is 5.69 Å². The number of aromatic amines is 1. The lowest BCUT2D eigenvalue weighted by atomic mass is 10.1. The second-order valence-corrected chi connectivity index (χ2v) is 6.13. The fraction of sp³-hybridized carbons (Fsp3) is 0.471. The van der Waals surface area contributed by atoms with Gasteiger partial charge in [-0.2, -0.15) is 5.10 Å². The molecule has 1 aromatic carbocycles. The van der Waals surface area contributed by atoms with E-state index in [1.807, 2.05) is 0 Å². The van der Waals surface area contributed by atoms with Crippen LogP contribution in [0.2, 0.25) is 0 Å². The van der Waals surface area contributed by atoms with Gasteiger partial charge in [0.25, 0.3) is 11.5 Å². The Bertz CT molecular complexity index is 729. The second kappa shape index (κ2) is 7.37. The van der Waals surface area contributed by atoms with Crippen LogP contribution in [0.3, 0.4) is 0 Å². The molecule has 0 unspecified atom stereocenters. The molecule has 6 nitrogen and oxygen atoms in total. The van der Waals surface area contributed by atoms with E-state index in [1.165, 1.54) is 0 Å². The molecule has 0 bridgehead atoms. The maximum Gasteiger partial charge on any atom is 0.272 e. The van der Waals surface area contributed by atoms with Gasteiger partial charge in [0, 0.05) is 30.6 Å². The molecule has 0 aliphatic carbocycles. The predicted molar refractivity (Wildman–Crippen MR) is 91.7 cm³/mol. The maximum atomic E-state index is 12.4. The molecule has 0 radical (unpaired) electrons. The van der Waals surface area contributed by atoms with Gasteiger partial charge >= 0.3 is 0 Å². The van der Waals surface area contributed by atoms with Crippen LogP contribution in [0.4, 0.5) is 0 Å². The Morgan fingerprint density at radius 1 is 1.17 bits per heavy atom. The summed E-state index contributed by atoms with van der Waals surface area (Å²) in [5.74, 6) is -0.273. The van der Waals surface area contributed by atoms with Gasteiger partial charge < -0.3 is 5.32 Å². The second-order valence-electron chi connectivity index (χ2n) is 6.13. The molecule has 124 valence electrons. The van der Waals surface area contributed by atoms with Crippen molar-refractivity contribution in [2.75, 3.05) is 13.1 Å². The molecule has 1 amide bonds. The third-order valence-corrected chi connectivity index (χ3v) is 3.89. The highest BCUT2D eigenvalue weighted by Crippen LogP contribution is 2.12. The highest BCUT2D eigenvalue weighted by atomic mass is 16.2. The Morgan fingerprint density at radius 3 is 2.39 bits per heavy atom. The molecule has 0 spiro atoms. The van der Waals surface area contributed by atoms with Crippen molar-refractivity contribution in [3.05, 3.63) is 40.3 Å². The normalized spacial score (nSPS) is 11.6. The van der Waals surface area contributed by atoms with Crippen LogP contribution in [0.25, 0.3) is 10.8 Å². The van der Waals surface area contributed by atoms with Crippen LogP contribution in [0.15, 0.2) is 29.1 Å². The van der Waals surface area contributed by atoms with Crippen LogP contribution in [0.1, 0.15) is 38.2 Å². The highest BCUT2D eigenvalue weighted by molar-refractivity contribution is 6.04. The van der Waals surface area contributed by atoms with Gasteiger partial charge in [-0.3, -0.25) is 14.5 Å². The first-order chi connectivity index (χ1) is 10.9. The van der Waals surface area contributed by atoms with Gasteiger partial charge in [-0.1, -0.05) is 18.2 Å². The molecule has 0 saturated heterocycles. The third-order valence-electron chi connectivity index (χ3n) is 3.89. The Labute approximate surface area is 135 Å². The van der Waals surface area contributed by atoms with Crippen LogP contribution in [-0.4, -0.2) is 46.2 Å². The van der Waals surface area contributed by atoms with Gasteiger partial charge in [-0.15, -0.1) is 0 Å². The Balaban J connectivity index is 2.10. The largest absolute Gasteiger partial charge is 0.349 e. The fourth-order valence-corrected chi connectivity index (χ4v) is 2.78. The van der Waals surface area contributed by atoms with Crippen LogP contribution in [0.5, 0.6) is 0 Å². The Kier molecular flexibility index (Phi) is 5.50. The summed E-state index contributed by atoms with van der Waals surface area (Å²) in [6.45, 7) is 9.85. The number of carbonyl (C=O) groups excluding carboxylic acids is 1. The number of carbonyl (C=O) groups is 1. The summed E-state index contributed by atoms with van der Waals surface area (Å²) in [6.07, 6.45) is 0. The summed E-state index contributed by atoms with van der Waals surface area (Å²) in [6, 6.07) is 7.81. The van der Waals surface area contributed by atoms with Crippen molar-refractivity contribution in [2.45, 2.75) is 39.8 Å². The van der Waals surface area contributed by atoms with Gasteiger partial charge in [0.2, 0.25) is 0 Å². The minimum absolute atomic E-state index is 0.251. The van der Waals surface area contributed by atoms with Crippen LogP contribution < -0.4 is 10.9 Å². The zero-order valence-corrected chi connectivity index (χ0v) is 14.1. The monoisotopic (exact) mass is 316 g/mol. The zero-order chi connectivity index (χ0) is 17.0. The minimum Gasteiger partial charge on any atom is -0.349 e. The van der Waals surface area contributed by atoms with Gasteiger partial charge in [0.1, 0.15) is 0 Å². The molecular formula is C17H24N4O2. The summed E-state index contributed by atoms with van der Waals surface area (Å²) in [4.78, 5) is 26.4. The molecule has 6 heteroatoms. The van der Waals surface area contributed by atoms with Crippen molar-refractivity contribution in [3.8, 4) is 0 Å². The topological polar surface area (TPSA) is 78.1 Å². The van der Waals surface area contributed by atoms with Crippen molar-refractivity contribution in [1.82, 2.24) is 20.4 Å². The first-order valence-corrected chi connectivity index (χ1v) is 7.93. The van der Waals surface area contributed by atoms with Crippen molar-refractivity contribution in [1.29, 1.82) is 0 Å². The molecule has 0 aliphatic rings. The van der Waals surface area contributed by atoms with Crippen molar-refractivity contribution in [2.24, 2.45) is 0 Å². The van der Waals surface area contributed by atoms with E-state index in [0.29, 0.717) is 29.4 Å². The molecule has 0 saturated carbocycles. The standard InChI is InChI=1S/C17H24N4O2/c1-11(2)21(12(3)4)10-9-18-17(23)15-13-7-5-6-8-14(13)16(22)20-19-15/h5-8,11-12H,9-10H2,1-4H3,(H,18,23)(H,20,22). The lowest BCUT2D eigenvalue weighted by Crippen LogP contribution is -2.42. The lowest BCUT2D eigenvalue weighted by Gasteiger charge is -2.30. The molecule has 1 aromatic heterocycles. The molecule has 1 heterocycles. The van der Waals surface area contributed by atoms with Crippen LogP contribution in [0, 0.1) is 0 Å². The van der Waals surface area contributed by atoms with E-state index in [-0.39, 0.29) is 17.2 Å². The van der Waals surface area contributed by atoms with E-state index in [1.54, 1.807) is 24.3 Å². The lowest BCUT2D eigenvalue weighted by molar-refractivity contribution is 0.0935. The number of fused-ring (bicyclic) bond motifs is 1. The molecule has 0 aliphatic heterocycles. The van der Waals surface area contributed by atoms with Gasteiger partial charge in [-0.25, -0.2) is 5.10 Å². The minimum atomic E-state index is -0.289. The Morgan fingerprint density at radius 2 is 1.78 bits per heavy atom. The summed E-state index contributed by atoms with van der Waals surface area (Å²) >= 11 is 0. The van der Waals surface area contributed by atoms with Gasteiger partial charge in [-0.05, 0) is 33.8 Å². The van der Waals surface area contributed by atoms with Crippen molar-refractivity contribution >= 4 is 16.7 Å². The highest BCUT2D eigenvalue weighted by Gasteiger charge is 2.16. The number of benzene rings is 1. The van der Waals surface area contributed by atoms with Crippen molar-refractivity contribution in [3.63, 3.8) is 0 Å². The van der Waals surface area contributed by atoms with Crippen molar-refractivity contribution < 1.29 is 4.79 Å². The number of hydrogen-bond donors (Lipinski definition) is 2. The van der Waals surface area contributed by atoms with Crippen LogP contribution in [-0.2, 0) is 0 Å². The summed E-state index contributed by atoms with van der Waals surface area (Å²) < 4.78 is 0. The number of nitrogens with one attached hydrogen (secondary N) is 2. The Hall–Kier alpha value is -2.21. The number of rotatable bonds is 6. The summed E-state index contributed by atoms with van der Waals surface area (Å²) in [5.41, 5.74) is -0.0382. The number of amides is 1. The molecule has 0 atom stereocenters. The average molecular weight is 316 g/mol. The number of aromatic nitrogens is 2. The van der Waals surface area contributed by atoms with Crippen LogP contribution >= 0.6 is 0 Å². The molecule has 2 aromatic rings. The number of hydrogen-bond acceptors (Lipinski definition) is 4. The number of nitrogens with zero attached hydrogens (tertiary/aromatic N) is 2. The average Bonchev–Trinajstić information content (AvgIpc) is 2.51. The first-order valence-electron chi connectivity index (χ1n) is 7.93. The quantitative estimate of drug-likeness (QED) is 0.851. The third kappa shape index (κ3) is 3.96. The SMILES string of the molecule is CC(C)N(CCNC(=O)c1n[nH]c(=O)c2ccccc12)C(C)C. The van der Waals surface area contributed by atoms with E-state index >= 15 is 0 Å². The smallest absolute Gasteiger partial charge is 0.272 e. The molecule has 23 heavy (non-hydrogen) atoms. The predicted octanol–water partition coefficient (Wildman–Crippen LogP) is 1.77. The summed E-state index contributed by atoms with van der Waals surface area (Å²) in [7, 11) is 0. The van der Waals surface area contributed by atoms with E-state index in [2.05, 4.69) is 48.1 Å². The fourth-order valence-electron chi connectivity index (χ4n) is 2.78. The molecule has 2 N–H and O–H groups in total. The molecular weight excluding hydrogens is 292 g/mol. The molecule has 2 rings (SSSR count).